The molecule has 3 rings (SSSR count). The minimum absolute atomic E-state index is 0.142. The summed E-state index contributed by atoms with van der Waals surface area (Å²) in [5, 5.41) is 0. The van der Waals surface area contributed by atoms with Gasteiger partial charge in [-0.2, -0.15) is 0 Å². The number of rotatable bonds is 4. The van der Waals surface area contributed by atoms with Crippen LogP contribution in [0.15, 0.2) is 72.8 Å². The van der Waals surface area contributed by atoms with Crippen molar-refractivity contribution in [3.63, 3.8) is 0 Å². The molecule has 2 aromatic carbocycles. The highest BCUT2D eigenvalue weighted by Gasteiger charge is 2.24. The molecule has 0 aromatic heterocycles. The molecule has 2 aromatic rings. The zero-order valence-corrected chi connectivity index (χ0v) is 12.7. The van der Waals surface area contributed by atoms with Crippen LogP contribution in [-0.2, 0) is 14.3 Å². The van der Waals surface area contributed by atoms with Crippen molar-refractivity contribution in [3.8, 4) is 11.1 Å². The first-order valence-corrected chi connectivity index (χ1v) is 7.21. The van der Waals surface area contributed by atoms with Crippen LogP contribution in [0.5, 0.6) is 0 Å². The summed E-state index contributed by atoms with van der Waals surface area (Å²) in [6.07, 6.45) is 0.142. The highest BCUT2D eigenvalue weighted by Crippen LogP contribution is 2.17. The van der Waals surface area contributed by atoms with Crippen LogP contribution in [0.3, 0.4) is 0 Å². The lowest BCUT2D eigenvalue weighted by molar-refractivity contribution is -0.139. The molecular weight excluding hydrogens is 276 g/mol. The molecule has 1 heterocycles. The zero-order chi connectivity index (χ0) is 15.8. The van der Waals surface area contributed by atoms with E-state index in [1.54, 1.807) is 6.92 Å². The molecule has 22 heavy (non-hydrogen) atoms. The Morgan fingerprint density at radius 3 is 1.91 bits per heavy atom. The molecule has 0 spiro atoms. The number of carbonyl (C=O) groups excluding carboxylic acids is 1. The molecule has 1 aliphatic rings. The van der Waals surface area contributed by atoms with Crippen molar-refractivity contribution in [1.29, 1.82) is 0 Å². The Kier molecular flexibility index (Phi) is 5.92. The lowest BCUT2D eigenvalue weighted by Crippen LogP contribution is -2.09. The van der Waals surface area contributed by atoms with Gasteiger partial charge in [0.15, 0.2) is 0 Å². The highest BCUT2D eigenvalue weighted by atomic mass is 16.6. The summed E-state index contributed by atoms with van der Waals surface area (Å²) in [4.78, 5) is 10.7. The van der Waals surface area contributed by atoms with E-state index in [1.165, 1.54) is 11.1 Å². The van der Waals surface area contributed by atoms with Gasteiger partial charge in [-0.3, -0.25) is 0 Å². The van der Waals surface area contributed by atoms with E-state index >= 15 is 0 Å². The standard InChI is InChI=1S/C12H10.C7H10O3/c1-3-7-11(8-4-1)12-9-5-2-6-10-12;1-5(2)7(8)10-4-6-3-9-6/h1-10H;6H,1,3-4H2,2H3. The van der Waals surface area contributed by atoms with Gasteiger partial charge in [-0.15, -0.1) is 0 Å². The molecule has 1 fully saturated rings. The predicted molar refractivity (Wildman–Crippen MR) is 87.4 cm³/mol. The maximum absolute atomic E-state index is 10.7. The lowest BCUT2D eigenvalue weighted by Gasteiger charge is -1.99. The molecule has 0 saturated carbocycles. The normalized spacial score (nSPS) is 15.2. The Morgan fingerprint density at radius 2 is 1.55 bits per heavy atom. The van der Waals surface area contributed by atoms with Crippen LogP contribution in [0.4, 0.5) is 0 Å². The Hall–Kier alpha value is -2.39. The Morgan fingerprint density at radius 1 is 1.09 bits per heavy atom. The minimum Gasteiger partial charge on any atom is -0.459 e. The first-order chi connectivity index (χ1) is 10.7. The van der Waals surface area contributed by atoms with E-state index in [2.05, 4.69) is 55.1 Å². The fourth-order valence-corrected chi connectivity index (χ4v) is 1.72. The number of epoxide rings is 1. The van der Waals surface area contributed by atoms with Crippen molar-refractivity contribution in [2.75, 3.05) is 13.2 Å². The Balaban J connectivity index is 0.000000164. The summed E-state index contributed by atoms with van der Waals surface area (Å²) in [5.41, 5.74) is 2.98. The predicted octanol–water partition coefficient (Wildman–Crippen LogP) is 3.86. The van der Waals surface area contributed by atoms with Crippen LogP contribution in [0.1, 0.15) is 6.92 Å². The number of benzene rings is 2. The Bertz CT molecular complexity index is 564. The van der Waals surface area contributed by atoms with Crippen molar-refractivity contribution in [2.45, 2.75) is 13.0 Å². The number of ether oxygens (including phenoxy) is 2. The van der Waals surface area contributed by atoms with Crippen molar-refractivity contribution in [2.24, 2.45) is 0 Å². The van der Waals surface area contributed by atoms with E-state index in [0.29, 0.717) is 18.8 Å². The molecule has 114 valence electrons. The first-order valence-electron chi connectivity index (χ1n) is 7.21. The maximum Gasteiger partial charge on any atom is 0.333 e. The van der Waals surface area contributed by atoms with Crippen molar-refractivity contribution < 1.29 is 14.3 Å². The molecule has 1 saturated heterocycles. The molecule has 0 amide bonds. The van der Waals surface area contributed by atoms with Gasteiger partial charge in [-0.1, -0.05) is 67.2 Å². The summed E-state index contributed by atoms with van der Waals surface area (Å²) >= 11 is 0. The maximum atomic E-state index is 10.7. The van der Waals surface area contributed by atoms with Gasteiger partial charge in [-0.05, 0) is 18.1 Å². The third-order valence-electron chi connectivity index (χ3n) is 3.03. The van der Waals surface area contributed by atoms with Crippen LogP contribution in [0.25, 0.3) is 11.1 Å². The van der Waals surface area contributed by atoms with Crippen molar-refractivity contribution in [1.82, 2.24) is 0 Å². The molecule has 3 nitrogen and oxygen atoms in total. The van der Waals surface area contributed by atoms with Gasteiger partial charge in [0.05, 0.1) is 6.61 Å². The quantitative estimate of drug-likeness (QED) is 0.488. The lowest BCUT2D eigenvalue weighted by atomic mass is 10.1. The summed E-state index contributed by atoms with van der Waals surface area (Å²) in [6.45, 7) is 6.14. The summed E-state index contributed by atoms with van der Waals surface area (Å²) in [7, 11) is 0. The van der Waals surface area contributed by atoms with Gasteiger partial charge in [0.25, 0.3) is 0 Å². The van der Waals surface area contributed by atoms with Crippen LogP contribution in [-0.4, -0.2) is 25.3 Å². The fourth-order valence-electron chi connectivity index (χ4n) is 1.72. The molecular formula is C19H20O3. The van der Waals surface area contributed by atoms with Gasteiger partial charge >= 0.3 is 5.97 Å². The molecule has 0 bridgehead atoms. The Labute approximate surface area is 131 Å². The fraction of sp³-hybridized carbons (Fsp3) is 0.211. The second-order valence-electron chi connectivity index (χ2n) is 5.07. The van der Waals surface area contributed by atoms with Crippen LogP contribution >= 0.6 is 0 Å². The number of hydrogen-bond acceptors (Lipinski definition) is 3. The summed E-state index contributed by atoms with van der Waals surface area (Å²) in [5.74, 6) is -0.337. The monoisotopic (exact) mass is 296 g/mol. The van der Waals surface area contributed by atoms with Crippen molar-refractivity contribution in [3.05, 3.63) is 72.8 Å². The van der Waals surface area contributed by atoms with E-state index in [1.807, 2.05) is 12.1 Å². The molecule has 0 aliphatic carbocycles. The van der Waals surface area contributed by atoms with E-state index in [0.717, 1.165) is 0 Å². The van der Waals surface area contributed by atoms with Crippen LogP contribution < -0.4 is 0 Å². The smallest absolute Gasteiger partial charge is 0.333 e. The zero-order valence-electron chi connectivity index (χ0n) is 12.7. The molecule has 0 radical (unpaired) electrons. The van der Waals surface area contributed by atoms with Gasteiger partial charge in [-0.25, -0.2) is 4.79 Å². The number of hydrogen-bond donors (Lipinski definition) is 0. The average Bonchev–Trinajstić information content (AvgIpc) is 3.39. The SMILES string of the molecule is C=C(C)C(=O)OCC1CO1.c1ccc(-c2ccccc2)cc1. The van der Waals surface area contributed by atoms with Gasteiger partial charge in [0, 0.05) is 5.57 Å². The third kappa shape index (κ3) is 5.54. The minimum atomic E-state index is -0.337. The molecule has 0 N–H and O–H groups in total. The first kappa shape index (κ1) is 16.0. The average molecular weight is 296 g/mol. The highest BCUT2D eigenvalue weighted by molar-refractivity contribution is 5.86. The van der Waals surface area contributed by atoms with E-state index in [-0.39, 0.29) is 12.1 Å². The molecule has 1 unspecified atom stereocenters. The van der Waals surface area contributed by atoms with E-state index < -0.39 is 0 Å². The second kappa shape index (κ2) is 8.15. The van der Waals surface area contributed by atoms with Crippen molar-refractivity contribution >= 4 is 5.97 Å². The second-order valence-corrected chi connectivity index (χ2v) is 5.07. The summed E-state index contributed by atoms with van der Waals surface area (Å²) in [6, 6.07) is 20.8. The number of carbonyl (C=O) groups is 1. The molecule has 3 heteroatoms. The number of esters is 1. The van der Waals surface area contributed by atoms with Gasteiger partial charge < -0.3 is 9.47 Å². The third-order valence-corrected chi connectivity index (χ3v) is 3.03. The topological polar surface area (TPSA) is 38.8 Å². The van der Waals surface area contributed by atoms with Crippen LogP contribution in [0.2, 0.25) is 0 Å². The van der Waals surface area contributed by atoms with E-state index in [4.69, 9.17) is 9.47 Å². The van der Waals surface area contributed by atoms with Gasteiger partial charge in [0.2, 0.25) is 0 Å². The molecule has 1 aliphatic heterocycles. The summed E-state index contributed by atoms with van der Waals surface area (Å²) < 4.78 is 9.60. The molecule has 1 atom stereocenters. The van der Waals surface area contributed by atoms with Gasteiger partial charge in [0.1, 0.15) is 12.7 Å². The van der Waals surface area contributed by atoms with E-state index in [9.17, 15) is 4.79 Å². The van der Waals surface area contributed by atoms with Crippen LogP contribution in [0, 0.1) is 0 Å². The largest absolute Gasteiger partial charge is 0.459 e.